The molecular weight excluding hydrogens is 202 g/mol. The highest BCUT2D eigenvalue weighted by Gasteiger charge is 2.36. The van der Waals surface area contributed by atoms with Gasteiger partial charge in [0.2, 0.25) is 5.91 Å². The lowest BCUT2D eigenvalue weighted by Crippen LogP contribution is -2.29. The van der Waals surface area contributed by atoms with Crippen LogP contribution in [-0.4, -0.2) is 11.5 Å². The lowest BCUT2D eigenvalue weighted by atomic mass is 9.93. The van der Waals surface area contributed by atoms with E-state index in [2.05, 4.69) is 13.8 Å². The second-order valence-electron chi connectivity index (χ2n) is 4.68. The van der Waals surface area contributed by atoms with E-state index < -0.39 is 0 Å². The van der Waals surface area contributed by atoms with Crippen molar-refractivity contribution in [2.75, 3.05) is 0 Å². The van der Waals surface area contributed by atoms with Gasteiger partial charge in [-0.3, -0.25) is 4.79 Å². The monoisotopic (exact) mass is 219 g/mol. The quantitative estimate of drug-likeness (QED) is 0.829. The summed E-state index contributed by atoms with van der Waals surface area (Å²) >= 11 is 0. The molecule has 86 valence electrons. The van der Waals surface area contributed by atoms with E-state index >= 15 is 0 Å². The summed E-state index contributed by atoms with van der Waals surface area (Å²) in [6.45, 7) is 6.15. The Balaban J connectivity index is 2.54. The molecule has 3 heteroatoms. The van der Waals surface area contributed by atoms with Gasteiger partial charge in [0.05, 0.1) is 0 Å². The largest absolute Gasteiger partial charge is 0.487 e. The Morgan fingerprint density at radius 1 is 1.56 bits per heavy atom. The Hall–Kier alpha value is -1.51. The molecule has 0 aliphatic carbocycles. The molecular formula is C13H17NO2. The Kier molecular flexibility index (Phi) is 2.41. The van der Waals surface area contributed by atoms with Gasteiger partial charge in [-0.15, -0.1) is 0 Å². The van der Waals surface area contributed by atoms with Crippen LogP contribution < -0.4 is 10.5 Å². The third kappa shape index (κ3) is 1.56. The topological polar surface area (TPSA) is 52.3 Å². The molecule has 1 atom stereocenters. The van der Waals surface area contributed by atoms with E-state index in [-0.39, 0.29) is 11.5 Å². The van der Waals surface area contributed by atoms with Gasteiger partial charge in [0, 0.05) is 17.5 Å². The molecule has 1 heterocycles. The first-order chi connectivity index (χ1) is 7.47. The van der Waals surface area contributed by atoms with E-state index in [0.717, 1.165) is 29.7 Å². The van der Waals surface area contributed by atoms with Crippen molar-refractivity contribution in [3.63, 3.8) is 0 Å². The highest BCUT2D eigenvalue weighted by molar-refractivity contribution is 5.95. The van der Waals surface area contributed by atoms with E-state index in [9.17, 15) is 4.79 Å². The third-order valence-electron chi connectivity index (χ3n) is 3.37. The molecule has 1 amide bonds. The molecule has 0 spiro atoms. The predicted molar refractivity (Wildman–Crippen MR) is 62.7 cm³/mol. The van der Waals surface area contributed by atoms with Crippen molar-refractivity contribution in [1.29, 1.82) is 0 Å². The van der Waals surface area contributed by atoms with Crippen molar-refractivity contribution in [3.8, 4) is 5.75 Å². The Morgan fingerprint density at radius 2 is 2.25 bits per heavy atom. The number of amides is 1. The fraction of sp³-hybridized carbons (Fsp3) is 0.462. The summed E-state index contributed by atoms with van der Waals surface area (Å²) in [6.07, 6.45) is 1.68. The molecule has 0 bridgehead atoms. The molecule has 0 fully saturated rings. The number of rotatable bonds is 2. The van der Waals surface area contributed by atoms with Gasteiger partial charge in [-0.2, -0.15) is 0 Å². The van der Waals surface area contributed by atoms with E-state index in [1.54, 1.807) is 6.07 Å². The van der Waals surface area contributed by atoms with E-state index in [1.165, 1.54) is 0 Å². The molecule has 1 aromatic carbocycles. The average Bonchev–Trinajstić information content (AvgIpc) is 2.58. The number of hydrogen-bond acceptors (Lipinski definition) is 2. The molecule has 0 aromatic heterocycles. The maximum absolute atomic E-state index is 11.3. The van der Waals surface area contributed by atoms with Crippen molar-refractivity contribution in [1.82, 2.24) is 0 Å². The van der Waals surface area contributed by atoms with Gasteiger partial charge in [-0.05, 0) is 31.9 Å². The van der Waals surface area contributed by atoms with Gasteiger partial charge >= 0.3 is 0 Å². The molecule has 3 nitrogen and oxygen atoms in total. The fourth-order valence-corrected chi connectivity index (χ4v) is 2.15. The first kappa shape index (κ1) is 11.0. The number of aryl methyl sites for hydroxylation is 1. The standard InChI is InChI=1S/C13H17NO2/c1-4-13(3)7-10-9(12(14)15)6-5-8(2)11(10)16-13/h5-6H,4,7H2,1-3H3,(H2,14,15). The number of nitrogens with two attached hydrogens (primary N) is 1. The minimum absolute atomic E-state index is 0.196. The Bertz CT molecular complexity index is 453. The smallest absolute Gasteiger partial charge is 0.249 e. The van der Waals surface area contributed by atoms with Gasteiger partial charge in [0.15, 0.2) is 0 Å². The first-order valence-electron chi connectivity index (χ1n) is 5.58. The summed E-state index contributed by atoms with van der Waals surface area (Å²) in [6, 6.07) is 3.68. The second-order valence-corrected chi connectivity index (χ2v) is 4.68. The summed E-state index contributed by atoms with van der Waals surface area (Å²) in [5.74, 6) is 0.473. The predicted octanol–water partition coefficient (Wildman–Crippen LogP) is 2.20. The van der Waals surface area contributed by atoms with Gasteiger partial charge in [-0.1, -0.05) is 13.0 Å². The summed E-state index contributed by atoms with van der Waals surface area (Å²) in [5, 5.41) is 0. The van der Waals surface area contributed by atoms with Crippen LogP contribution in [0.5, 0.6) is 5.75 Å². The van der Waals surface area contributed by atoms with Crippen LogP contribution in [-0.2, 0) is 6.42 Å². The van der Waals surface area contributed by atoms with Crippen LogP contribution in [0.15, 0.2) is 12.1 Å². The number of primary amides is 1. The number of ether oxygens (including phenoxy) is 1. The van der Waals surface area contributed by atoms with Gasteiger partial charge in [-0.25, -0.2) is 0 Å². The van der Waals surface area contributed by atoms with Crippen LogP contribution in [0, 0.1) is 6.92 Å². The molecule has 1 unspecified atom stereocenters. The van der Waals surface area contributed by atoms with Crippen LogP contribution in [0.25, 0.3) is 0 Å². The van der Waals surface area contributed by atoms with Crippen LogP contribution in [0.2, 0.25) is 0 Å². The molecule has 1 aliphatic rings. The van der Waals surface area contributed by atoms with Crippen molar-refractivity contribution in [2.45, 2.75) is 39.2 Å². The number of hydrogen-bond donors (Lipinski definition) is 1. The summed E-state index contributed by atoms with van der Waals surface area (Å²) in [7, 11) is 0. The van der Waals surface area contributed by atoms with Gasteiger partial charge in [0.25, 0.3) is 0 Å². The molecule has 1 aliphatic heterocycles. The molecule has 16 heavy (non-hydrogen) atoms. The zero-order chi connectivity index (χ0) is 11.9. The molecule has 2 N–H and O–H groups in total. The molecule has 0 radical (unpaired) electrons. The Labute approximate surface area is 95.6 Å². The van der Waals surface area contributed by atoms with Gasteiger partial charge in [0.1, 0.15) is 11.4 Å². The maximum atomic E-state index is 11.3. The van der Waals surface area contributed by atoms with E-state index in [0.29, 0.717) is 5.56 Å². The minimum atomic E-state index is -0.375. The molecule has 2 rings (SSSR count). The highest BCUT2D eigenvalue weighted by atomic mass is 16.5. The minimum Gasteiger partial charge on any atom is -0.487 e. The van der Waals surface area contributed by atoms with Crippen LogP contribution in [0.4, 0.5) is 0 Å². The Morgan fingerprint density at radius 3 is 2.81 bits per heavy atom. The third-order valence-corrected chi connectivity index (χ3v) is 3.37. The highest BCUT2D eigenvalue weighted by Crippen LogP contribution is 2.40. The van der Waals surface area contributed by atoms with Crippen LogP contribution >= 0.6 is 0 Å². The zero-order valence-electron chi connectivity index (χ0n) is 9.96. The lowest BCUT2D eigenvalue weighted by molar-refractivity contribution is 0.0999. The van der Waals surface area contributed by atoms with Crippen LogP contribution in [0.3, 0.4) is 0 Å². The first-order valence-corrected chi connectivity index (χ1v) is 5.58. The number of carbonyl (C=O) groups is 1. The van der Waals surface area contributed by atoms with Crippen molar-refractivity contribution < 1.29 is 9.53 Å². The fourth-order valence-electron chi connectivity index (χ4n) is 2.15. The molecule has 0 saturated heterocycles. The summed E-state index contributed by atoms with van der Waals surface area (Å²) < 4.78 is 5.96. The molecule has 1 aromatic rings. The number of benzene rings is 1. The normalized spacial score (nSPS) is 22.7. The van der Waals surface area contributed by atoms with Gasteiger partial charge < -0.3 is 10.5 Å². The van der Waals surface area contributed by atoms with Crippen molar-refractivity contribution in [3.05, 3.63) is 28.8 Å². The number of fused-ring (bicyclic) bond motifs is 1. The van der Waals surface area contributed by atoms with Crippen LogP contribution in [0.1, 0.15) is 41.8 Å². The number of carbonyl (C=O) groups excluding carboxylic acids is 1. The van der Waals surface area contributed by atoms with Crippen molar-refractivity contribution in [2.24, 2.45) is 5.73 Å². The van der Waals surface area contributed by atoms with E-state index in [4.69, 9.17) is 10.5 Å². The molecule has 0 saturated carbocycles. The zero-order valence-corrected chi connectivity index (χ0v) is 9.96. The summed E-state index contributed by atoms with van der Waals surface area (Å²) in [4.78, 5) is 11.3. The second kappa shape index (κ2) is 3.51. The SMILES string of the molecule is CCC1(C)Cc2c(C(N)=O)ccc(C)c2O1. The summed E-state index contributed by atoms with van der Waals surface area (Å²) in [5.41, 5.74) is 7.81. The maximum Gasteiger partial charge on any atom is 0.249 e. The lowest BCUT2D eigenvalue weighted by Gasteiger charge is -2.21. The van der Waals surface area contributed by atoms with Crippen molar-refractivity contribution >= 4 is 5.91 Å². The average molecular weight is 219 g/mol. The van der Waals surface area contributed by atoms with E-state index in [1.807, 2.05) is 13.0 Å².